The van der Waals surface area contributed by atoms with Gasteiger partial charge in [0.1, 0.15) is 22.6 Å². The summed E-state index contributed by atoms with van der Waals surface area (Å²) in [6, 6.07) is 32.2. The van der Waals surface area contributed by atoms with E-state index in [9.17, 15) is 33.7 Å². The van der Waals surface area contributed by atoms with Crippen LogP contribution in [0.25, 0.3) is 89.7 Å². The average Bonchev–Trinajstić information content (AvgIpc) is 3.85. The van der Waals surface area contributed by atoms with Crippen molar-refractivity contribution in [1.29, 1.82) is 0 Å². The maximum atomic E-state index is 10.6. The summed E-state index contributed by atoms with van der Waals surface area (Å²) in [5, 5.41) is 3.82. The number of hydrogen-bond donors (Lipinski definition) is 7. The number of H-pyrrole nitrogens is 2. The van der Waals surface area contributed by atoms with Gasteiger partial charge >= 0.3 is 94.4 Å². The van der Waals surface area contributed by atoms with Crippen LogP contribution in [0.4, 0.5) is 0 Å². The minimum atomic E-state index is -7.10. The first-order valence-corrected chi connectivity index (χ1v) is 25.9. The smallest absolute Gasteiger partial charge is 0.164 e. The summed E-state index contributed by atoms with van der Waals surface area (Å²) in [6.07, 6.45) is 0. The maximum Gasteiger partial charge on any atom is 0.164 e. The van der Waals surface area contributed by atoms with Crippen molar-refractivity contribution in [2.75, 3.05) is 0 Å². The van der Waals surface area contributed by atoms with E-state index in [1.165, 1.54) is 0 Å². The van der Waals surface area contributed by atoms with E-state index in [2.05, 4.69) is 9.97 Å². The van der Waals surface area contributed by atoms with E-state index in [0.717, 1.165) is 43.8 Å². The van der Waals surface area contributed by atoms with Gasteiger partial charge in [-0.3, -0.25) is 0 Å². The molecule has 3 aromatic heterocycles. The number of rotatable bonds is 4. The van der Waals surface area contributed by atoms with E-state index in [4.69, 9.17) is 48.1 Å². The summed E-state index contributed by atoms with van der Waals surface area (Å²) in [5.74, 6) is 2.39. The van der Waals surface area contributed by atoms with Crippen LogP contribution < -0.4 is 6.15 Å². The SMILES string of the molecule is N.O=[S](=O)(O)[Co]([S](=O)(=O)O)([S](=O)(=O)O)[S](=O)(=O)O.c1ccc2c(c1)-c1nc-2nc2[nH]c(nc3nc(nc4[nH]c(n1)c1ccccc41)-c1ccccc1-3)c1ccccc21. The molecular weight excluding hydrogens is 890 g/mol. The molecule has 0 unspecified atom stereocenters. The van der Waals surface area contributed by atoms with Crippen molar-refractivity contribution >= 4 is 78.5 Å². The zero-order valence-electron chi connectivity index (χ0n) is 28.6. The molecule has 0 atom stereocenters. The Bertz CT molecular complexity index is 3060. The van der Waals surface area contributed by atoms with Gasteiger partial charge in [0.2, 0.25) is 0 Å². The molecule has 0 saturated carbocycles. The van der Waals surface area contributed by atoms with Gasteiger partial charge in [-0.05, 0) is 0 Å². The number of aromatic nitrogens is 8. The first-order chi connectivity index (χ1) is 26.8. The summed E-state index contributed by atoms with van der Waals surface area (Å²) in [5.41, 5.74) is 6.45. The van der Waals surface area contributed by atoms with Crippen LogP contribution in [-0.2, 0) is 42.5 Å². The van der Waals surface area contributed by atoms with E-state index < -0.39 is 42.5 Å². The standard InChI is InChI=1S/C32H18N8.Co.H3N.4HO3S/c1-2-10-18-17(9-1)25-33-26(18)38-28-21-13-5-6-14-22(21)30(35-28)40-32-24-16-8-7-15-23(24)31(36-32)39-29-20-12-4-3-11-19(20)27(34-29)37-25;;;4*1-4(2)3/h1-16H,(H2,33,34,35,36,37,38,39,40);;1H3;4*(H,1,2,3). The number of nitrogens with zero attached hydrogens (tertiary/aromatic N) is 6. The number of hydrogen-bond acceptors (Lipinski definition) is 15. The Morgan fingerprint density at radius 2 is 0.569 bits per heavy atom. The zero-order valence-corrected chi connectivity index (χ0v) is 33.0. The third-order valence-electron chi connectivity index (χ3n) is 8.30. The van der Waals surface area contributed by atoms with Crippen LogP contribution in [0.15, 0.2) is 97.1 Å². The van der Waals surface area contributed by atoms with E-state index in [0.29, 0.717) is 45.9 Å². The van der Waals surface area contributed by atoms with Crippen LogP contribution in [0.5, 0.6) is 0 Å². The molecular formula is C32H25CoN9O12S4. The molecule has 0 saturated heterocycles. The fourth-order valence-electron chi connectivity index (χ4n) is 6.12. The van der Waals surface area contributed by atoms with Crippen molar-refractivity contribution in [3.8, 4) is 45.6 Å². The molecule has 303 valence electrons. The molecule has 2 aliphatic rings. The first kappa shape index (κ1) is 40.5. The third-order valence-corrected chi connectivity index (χ3v) is 38.7. The molecule has 58 heavy (non-hydrogen) atoms. The predicted molar refractivity (Wildman–Crippen MR) is 207 cm³/mol. The molecule has 2 aliphatic heterocycles. The van der Waals surface area contributed by atoms with Crippen molar-refractivity contribution in [1.82, 2.24) is 46.0 Å². The summed E-state index contributed by atoms with van der Waals surface area (Å²) in [4.78, 5) is 36.8. The van der Waals surface area contributed by atoms with Crippen molar-refractivity contribution in [3.63, 3.8) is 0 Å². The third kappa shape index (κ3) is 6.41. The average molecular weight is 915 g/mol. The number of aromatic amines is 2. The second kappa shape index (κ2) is 14.0. The van der Waals surface area contributed by atoms with Crippen molar-refractivity contribution in [3.05, 3.63) is 97.1 Å². The topological polar surface area (TPSA) is 361 Å². The molecule has 0 amide bonds. The molecule has 0 radical (unpaired) electrons. The Kier molecular flexibility index (Phi) is 9.80. The van der Waals surface area contributed by atoms with Gasteiger partial charge in [0.25, 0.3) is 0 Å². The van der Waals surface area contributed by atoms with E-state index in [1.807, 2.05) is 97.1 Å². The van der Waals surface area contributed by atoms with E-state index in [1.54, 1.807) is 0 Å². The van der Waals surface area contributed by atoms with E-state index in [-0.39, 0.29) is 6.15 Å². The molecule has 26 heteroatoms. The Hall–Kier alpha value is -5.65. The summed E-state index contributed by atoms with van der Waals surface area (Å²) >= 11 is 0. The molecule has 9 rings (SSSR count). The molecule has 21 nitrogen and oxygen atoms in total. The van der Waals surface area contributed by atoms with Gasteiger partial charge in [0, 0.05) is 43.8 Å². The minimum absolute atomic E-state index is 0. The zero-order chi connectivity index (χ0) is 40.7. The van der Waals surface area contributed by atoms with Crippen LogP contribution in [0.2, 0.25) is 0 Å². The van der Waals surface area contributed by atoms with Gasteiger partial charge in [-0.2, -0.15) is 0 Å². The second-order valence-electron chi connectivity index (χ2n) is 11.7. The van der Waals surface area contributed by atoms with Crippen LogP contribution >= 0.6 is 0 Å². The summed E-state index contributed by atoms with van der Waals surface area (Å²) < 4.78 is 118. The molecule has 5 heterocycles. The quantitative estimate of drug-likeness (QED) is 0.120. The van der Waals surface area contributed by atoms with Gasteiger partial charge in [-0.1, -0.05) is 97.1 Å². The first-order valence-electron chi connectivity index (χ1n) is 15.6. The Labute approximate surface area is 325 Å². The van der Waals surface area contributed by atoms with Gasteiger partial charge < -0.3 is 16.1 Å². The monoisotopic (exact) mass is 914 g/mol. The summed E-state index contributed by atoms with van der Waals surface area (Å²) in [6.45, 7) is 0. The van der Waals surface area contributed by atoms with E-state index >= 15 is 0 Å². The largest absolute Gasteiger partial charge is 0.324 e. The Morgan fingerprint density at radius 1 is 0.362 bits per heavy atom. The predicted octanol–water partition coefficient (Wildman–Crippen LogP) is 4.38. The molecule has 7 aromatic rings. The molecule has 0 fully saturated rings. The fraction of sp³-hybridized carbons (Fsp3) is 0. The van der Waals surface area contributed by atoms with Gasteiger partial charge in [-0.25, -0.2) is 29.9 Å². The van der Waals surface area contributed by atoms with Crippen LogP contribution in [0.3, 0.4) is 0 Å². The molecule has 9 N–H and O–H groups in total. The van der Waals surface area contributed by atoms with Gasteiger partial charge in [-0.15, -0.1) is 0 Å². The van der Waals surface area contributed by atoms with Crippen molar-refractivity contribution < 1.29 is 60.1 Å². The molecule has 0 spiro atoms. The van der Waals surface area contributed by atoms with Crippen LogP contribution in [0, 0.1) is 0 Å². The normalized spacial score (nSPS) is 13.2. The minimum Gasteiger partial charge on any atom is -0.324 e. The Morgan fingerprint density at radius 3 is 0.759 bits per heavy atom. The number of fused-ring (bicyclic) bond motifs is 20. The van der Waals surface area contributed by atoms with Crippen LogP contribution in [-0.4, -0.2) is 91.8 Å². The van der Waals surface area contributed by atoms with Crippen molar-refractivity contribution in [2.24, 2.45) is 0 Å². The van der Waals surface area contributed by atoms with Crippen molar-refractivity contribution in [2.45, 2.75) is 0 Å². The number of benzene rings is 4. The second-order valence-corrected chi connectivity index (χ2v) is 33.3. The molecule has 0 aliphatic carbocycles. The fourth-order valence-corrected chi connectivity index (χ4v) is 25.3. The molecule has 4 aromatic carbocycles. The van der Waals surface area contributed by atoms with Gasteiger partial charge in [0.15, 0.2) is 23.3 Å². The van der Waals surface area contributed by atoms with Crippen LogP contribution in [0.1, 0.15) is 0 Å². The Balaban J connectivity index is 0.000000245. The molecule has 8 bridgehead atoms. The summed E-state index contributed by atoms with van der Waals surface area (Å²) in [7, 11) is -33.5. The maximum absolute atomic E-state index is 10.6. The van der Waals surface area contributed by atoms with Gasteiger partial charge in [0.05, 0.1) is 0 Å². The number of nitrogens with one attached hydrogen (secondary N) is 2.